The van der Waals surface area contributed by atoms with Crippen molar-refractivity contribution in [1.82, 2.24) is 4.90 Å². The van der Waals surface area contributed by atoms with Crippen molar-refractivity contribution in [2.45, 2.75) is 25.1 Å². The van der Waals surface area contributed by atoms with Crippen molar-refractivity contribution < 1.29 is 15.0 Å². The number of aliphatic hydroxyl groups excluding tert-OH is 1. The minimum atomic E-state index is -0.911. The molecule has 0 spiro atoms. The maximum absolute atomic E-state index is 11.1. The highest BCUT2D eigenvalue weighted by molar-refractivity contribution is 6.42. The van der Waals surface area contributed by atoms with Gasteiger partial charge in [-0.1, -0.05) is 29.3 Å². The Labute approximate surface area is 115 Å². The van der Waals surface area contributed by atoms with E-state index < -0.39 is 18.1 Å². The molecule has 1 heterocycles. The van der Waals surface area contributed by atoms with Gasteiger partial charge < -0.3 is 10.2 Å². The smallest absolute Gasteiger partial charge is 0.321 e. The molecule has 4 nitrogen and oxygen atoms in total. The summed E-state index contributed by atoms with van der Waals surface area (Å²) in [6, 6.07) is 4.56. The van der Waals surface area contributed by atoms with E-state index in [-0.39, 0.29) is 6.42 Å². The van der Waals surface area contributed by atoms with Gasteiger partial charge in [0.25, 0.3) is 0 Å². The summed E-state index contributed by atoms with van der Waals surface area (Å²) in [5.41, 5.74) is 0.879. The summed E-state index contributed by atoms with van der Waals surface area (Å²) in [5, 5.41) is 19.5. The third kappa shape index (κ3) is 2.95. The molecule has 18 heavy (non-hydrogen) atoms. The quantitative estimate of drug-likeness (QED) is 0.894. The van der Waals surface area contributed by atoms with E-state index in [1.54, 1.807) is 23.1 Å². The average molecular weight is 290 g/mol. The monoisotopic (exact) mass is 289 g/mol. The highest BCUT2D eigenvalue weighted by atomic mass is 35.5. The van der Waals surface area contributed by atoms with Crippen LogP contribution in [0.3, 0.4) is 0 Å². The first kappa shape index (κ1) is 13.6. The molecule has 98 valence electrons. The number of carboxylic acid groups (broad SMARTS) is 1. The minimum Gasteiger partial charge on any atom is -0.480 e. The molecule has 1 aliphatic heterocycles. The fourth-order valence-electron chi connectivity index (χ4n) is 2.18. The van der Waals surface area contributed by atoms with Gasteiger partial charge in [0.05, 0.1) is 16.1 Å². The fraction of sp³-hybridized carbons (Fsp3) is 0.417. The van der Waals surface area contributed by atoms with Gasteiger partial charge in [0.2, 0.25) is 0 Å². The van der Waals surface area contributed by atoms with Gasteiger partial charge in [-0.2, -0.15) is 0 Å². The molecule has 0 amide bonds. The van der Waals surface area contributed by atoms with Crippen LogP contribution in [0.25, 0.3) is 0 Å². The van der Waals surface area contributed by atoms with Gasteiger partial charge >= 0.3 is 5.97 Å². The lowest BCUT2D eigenvalue weighted by Crippen LogP contribution is -2.35. The normalized spacial score (nSPS) is 24.4. The van der Waals surface area contributed by atoms with Gasteiger partial charge in [-0.3, -0.25) is 9.69 Å². The lowest BCUT2D eigenvalue weighted by Gasteiger charge is -2.20. The number of likely N-dealkylation sites (tertiary alicyclic amines) is 1. The van der Waals surface area contributed by atoms with Gasteiger partial charge in [-0.05, 0) is 17.7 Å². The highest BCUT2D eigenvalue weighted by Gasteiger charge is 2.35. The Morgan fingerprint density at radius 2 is 2.11 bits per heavy atom. The van der Waals surface area contributed by atoms with E-state index in [0.717, 1.165) is 5.56 Å². The van der Waals surface area contributed by atoms with E-state index in [1.807, 2.05) is 0 Å². The van der Waals surface area contributed by atoms with E-state index in [4.69, 9.17) is 28.3 Å². The molecule has 1 aromatic carbocycles. The lowest BCUT2D eigenvalue weighted by atomic mass is 10.2. The van der Waals surface area contributed by atoms with Crippen molar-refractivity contribution in [3.63, 3.8) is 0 Å². The molecular weight excluding hydrogens is 277 g/mol. The summed E-state index contributed by atoms with van der Waals surface area (Å²) >= 11 is 11.7. The maximum atomic E-state index is 11.1. The second kappa shape index (κ2) is 5.45. The first-order chi connectivity index (χ1) is 8.47. The Hall–Kier alpha value is -0.810. The molecule has 1 aromatic rings. The Morgan fingerprint density at radius 3 is 2.72 bits per heavy atom. The lowest BCUT2D eigenvalue weighted by molar-refractivity contribution is -0.142. The van der Waals surface area contributed by atoms with Crippen LogP contribution in [0.5, 0.6) is 0 Å². The van der Waals surface area contributed by atoms with Gasteiger partial charge in [0.1, 0.15) is 6.04 Å². The summed E-state index contributed by atoms with van der Waals surface area (Å²) in [6.45, 7) is 0.794. The predicted octanol–water partition coefficient (Wildman–Crippen LogP) is 2.01. The average Bonchev–Trinajstić information content (AvgIpc) is 2.65. The number of nitrogens with zero attached hydrogens (tertiary/aromatic N) is 1. The molecule has 2 N–H and O–H groups in total. The topological polar surface area (TPSA) is 60.8 Å². The van der Waals surface area contributed by atoms with Crippen LogP contribution in [-0.2, 0) is 11.3 Å². The van der Waals surface area contributed by atoms with Crippen LogP contribution in [-0.4, -0.2) is 39.8 Å². The van der Waals surface area contributed by atoms with Crippen molar-refractivity contribution in [2.75, 3.05) is 6.54 Å². The molecule has 0 saturated carbocycles. The zero-order chi connectivity index (χ0) is 13.3. The van der Waals surface area contributed by atoms with Crippen LogP contribution < -0.4 is 0 Å². The molecular formula is C12H13Cl2NO3. The van der Waals surface area contributed by atoms with Crippen LogP contribution in [0.15, 0.2) is 18.2 Å². The van der Waals surface area contributed by atoms with Crippen LogP contribution in [0.1, 0.15) is 12.0 Å². The summed E-state index contributed by atoms with van der Waals surface area (Å²) < 4.78 is 0. The SMILES string of the molecule is O=C(O)C1CC(O)CN1Cc1ccc(Cl)c(Cl)c1. The number of benzene rings is 1. The molecule has 2 rings (SSSR count). The minimum absolute atomic E-state index is 0.261. The van der Waals surface area contributed by atoms with E-state index in [9.17, 15) is 9.90 Å². The van der Waals surface area contributed by atoms with Crippen molar-refractivity contribution in [3.8, 4) is 0 Å². The second-order valence-corrected chi connectivity index (χ2v) is 5.24. The third-order valence-electron chi connectivity index (χ3n) is 3.04. The number of halogens is 2. The van der Waals surface area contributed by atoms with Crippen LogP contribution >= 0.6 is 23.2 Å². The van der Waals surface area contributed by atoms with E-state index in [2.05, 4.69) is 0 Å². The molecule has 0 bridgehead atoms. The summed E-state index contributed by atoms with van der Waals surface area (Å²) in [5.74, 6) is -0.911. The third-order valence-corrected chi connectivity index (χ3v) is 3.78. The van der Waals surface area contributed by atoms with E-state index in [1.165, 1.54) is 0 Å². The Bertz CT molecular complexity index is 467. The molecule has 1 aliphatic rings. The molecule has 2 unspecified atom stereocenters. The molecule has 6 heteroatoms. The maximum Gasteiger partial charge on any atom is 0.321 e. The Kier molecular flexibility index (Phi) is 4.12. The number of hydrogen-bond acceptors (Lipinski definition) is 3. The van der Waals surface area contributed by atoms with Crippen molar-refractivity contribution in [1.29, 1.82) is 0 Å². The fourth-order valence-corrected chi connectivity index (χ4v) is 2.50. The first-order valence-electron chi connectivity index (χ1n) is 5.56. The number of β-amino-alcohol motifs (C(OH)–C–C–N with tert-alkyl or cyclic N) is 1. The second-order valence-electron chi connectivity index (χ2n) is 4.42. The van der Waals surface area contributed by atoms with Gasteiger partial charge in [0, 0.05) is 19.5 Å². The largest absolute Gasteiger partial charge is 0.480 e. The van der Waals surface area contributed by atoms with E-state index in [0.29, 0.717) is 23.1 Å². The number of hydrogen-bond donors (Lipinski definition) is 2. The van der Waals surface area contributed by atoms with E-state index >= 15 is 0 Å². The van der Waals surface area contributed by atoms with Crippen LogP contribution in [0.4, 0.5) is 0 Å². The molecule has 0 radical (unpaired) electrons. The Morgan fingerprint density at radius 1 is 1.39 bits per heavy atom. The zero-order valence-electron chi connectivity index (χ0n) is 9.51. The van der Waals surface area contributed by atoms with Gasteiger partial charge in [-0.15, -0.1) is 0 Å². The molecule has 0 aromatic heterocycles. The number of rotatable bonds is 3. The summed E-state index contributed by atoms with van der Waals surface area (Å²) in [7, 11) is 0. The van der Waals surface area contributed by atoms with Gasteiger partial charge in [-0.25, -0.2) is 0 Å². The van der Waals surface area contributed by atoms with Crippen molar-refractivity contribution in [3.05, 3.63) is 33.8 Å². The predicted molar refractivity (Wildman–Crippen MR) is 68.9 cm³/mol. The van der Waals surface area contributed by atoms with Crippen molar-refractivity contribution >= 4 is 29.2 Å². The summed E-state index contributed by atoms with van der Waals surface area (Å²) in [4.78, 5) is 12.8. The number of aliphatic carboxylic acids is 1. The van der Waals surface area contributed by atoms with Crippen molar-refractivity contribution in [2.24, 2.45) is 0 Å². The zero-order valence-corrected chi connectivity index (χ0v) is 11.0. The highest BCUT2D eigenvalue weighted by Crippen LogP contribution is 2.25. The molecule has 0 aliphatic carbocycles. The first-order valence-corrected chi connectivity index (χ1v) is 6.32. The molecule has 2 atom stereocenters. The standard InChI is InChI=1S/C12H13Cl2NO3/c13-9-2-1-7(3-10(9)14)5-15-6-8(16)4-11(15)12(17)18/h1-3,8,11,16H,4-6H2,(H,17,18). The number of aliphatic hydroxyl groups is 1. The Balaban J connectivity index is 2.12. The number of carbonyl (C=O) groups is 1. The molecule has 1 fully saturated rings. The van der Waals surface area contributed by atoms with Gasteiger partial charge in [0.15, 0.2) is 0 Å². The summed E-state index contributed by atoms with van der Waals surface area (Å²) in [6.07, 6.45) is -0.328. The van der Waals surface area contributed by atoms with Crippen LogP contribution in [0.2, 0.25) is 10.0 Å². The molecule has 1 saturated heterocycles. The number of carboxylic acids is 1. The van der Waals surface area contributed by atoms with Crippen LogP contribution in [0, 0.1) is 0 Å².